The van der Waals surface area contributed by atoms with E-state index in [9.17, 15) is 4.39 Å². The average molecular weight is 260 g/mol. The zero-order valence-electron chi connectivity index (χ0n) is 9.42. The number of rotatable bonds is 4. The first-order valence-electron chi connectivity index (χ1n) is 5.59. The predicted molar refractivity (Wildman–Crippen MR) is 63.7 cm³/mol. The van der Waals surface area contributed by atoms with Gasteiger partial charge in [0.2, 0.25) is 0 Å². The molecule has 1 saturated heterocycles. The monoisotopic (exact) mass is 259 g/mol. The van der Waals surface area contributed by atoms with Crippen LogP contribution < -0.4 is 5.32 Å². The molecule has 0 aliphatic carbocycles. The summed E-state index contributed by atoms with van der Waals surface area (Å²) >= 11 is 5.66. The van der Waals surface area contributed by atoms with Crippen molar-refractivity contribution in [2.24, 2.45) is 0 Å². The topological polar surface area (TPSA) is 30.5 Å². The van der Waals surface area contributed by atoms with Gasteiger partial charge in [-0.05, 0) is 12.1 Å². The van der Waals surface area contributed by atoms with Crippen LogP contribution in [0.3, 0.4) is 0 Å². The Labute approximate surface area is 105 Å². The second kappa shape index (κ2) is 6.31. The largest absolute Gasteiger partial charge is 0.374 e. The lowest BCUT2D eigenvalue weighted by Gasteiger charge is -2.23. The van der Waals surface area contributed by atoms with Crippen molar-refractivity contribution in [3.63, 3.8) is 0 Å². The lowest BCUT2D eigenvalue weighted by molar-refractivity contribution is -0.0361. The molecule has 5 heteroatoms. The van der Waals surface area contributed by atoms with Crippen molar-refractivity contribution in [2.45, 2.75) is 12.7 Å². The van der Waals surface area contributed by atoms with Crippen molar-refractivity contribution in [3.05, 3.63) is 34.6 Å². The third-order valence-corrected chi connectivity index (χ3v) is 2.82. The Balaban J connectivity index is 1.77. The van der Waals surface area contributed by atoms with Crippen LogP contribution in [0.15, 0.2) is 18.2 Å². The Bertz CT molecular complexity index is 370. The van der Waals surface area contributed by atoms with Crippen molar-refractivity contribution in [2.75, 3.05) is 26.3 Å². The molecule has 1 N–H and O–H groups in total. The lowest BCUT2D eigenvalue weighted by Crippen LogP contribution is -2.40. The van der Waals surface area contributed by atoms with Crippen molar-refractivity contribution >= 4 is 11.6 Å². The fourth-order valence-corrected chi connectivity index (χ4v) is 1.82. The second-order valence-corrected chi connectivity index (χ2v) is 4.38. The summed E-state index contributed by atoms with van der Waals surface area (Å²) in [5, 5.41) is 3.60. The summed E-state index contributed by atoms with van der Waals surface area (Å²) in [6, 6.07) is 4.58. The Kier molecular flexibility index (Phi) is 4.74. The maximum absolute atomic E-state index is 13.4. The summed E-state index contributed by atoms with van der Waals surface area (Å²) in [5.41, 5.74) is 0.512. The van der Waals surface area contributed by atoms with Crippen LogP contribution in [-0.2, 0) is 16.1 Å². The number of hydrogen-bond acceptors (Lipinski definition) is 3. The summed E-state index contributed by atoms with van der Waals surface area (Å²) in [6.07, 6.45) is 0.0547. The van der Waals surface area contributed by atoms with Gasteiger partial charge in [-0.3, -0.25) is 0 Å². The van der Waals surface area contributed by atoms with Gasteiger partial charge in [-0.2, -0.15) is 0 Å². The fourth-order valence-electron chi connectivity index (χ4n) is 1.67. The Hall–Kier alpha value is -0.680. The van der Waals surface area contributed by atoms with E-state index in [1.807, 2.05) is 0 Å². The maximum Gasteiger partial charge on any atom is 0.130 e. The predicted octanol–water partition coefficient (Wildman–Crippen LogP) is 1.98. The van der Waals surface area contributed by atoms with Crippen molar-refractivity contribution in [1.29, 1.82) is 0 Å². The average Bonchev–Trinajstić information content (AvgIpc) is 2.33. The quantitative estimate of drug-likeness (QED) is 0.897. The molecule has 1 aromatic carbocycles. The molecule has 1 aliphatic rings. The molecule has 0 amide bonds. The van der Waals surface area contributed by atoms with E-state index in [-0.39, 0.29) is 18.5 Å². The number of hydrogen-bond donors (Lipinski definition) is 1. The Morgan fingerprint density at radius 2 is 2.41 bits per heavy atom. The van der Waals surface area contributed by atoms with Gasteiger partial charge >= 0.3 is 0 Å². The lowest BCUT2D eigenvalue weighted by atomic mass is 10.2. The van der Waals surface area contributed by atoms with Crippen LogP contribution in [-0.4, -0.2) is 32.4 Å². The van der Waals surface area contributed by atoms with E-state index in [0.29, 0.717) is 23.8 Å². The molecule has 3 nitrogen and oxygen atoms in total. The van der Waals surface area contributed by atoms with Gasteiger partial charge in [0.1, 0.15) is 5.82 Å². The molecule has 2 rings (SSSR count). The molecule has 17 heavy (non-hydrogen) atoms. The van der Waals surface area contributed by atoms with Gasteiger partial charge in [0.05, 0.1) is 25.9 Å². The molecule has 1 aliphatic heterocycles. The van der Waals surface area contributed by atoms with E-state index in [4.69, 9.17) is 21.1 Å². The number of nitrogens with one attached hydrogen (secondary N) is 1. The third kappa shape index (κ3) is 3.92. The highest BCUT2D eigenvalue weighted by atomic mass is 35.5. The van der Waals surface area contributed by atoms with Crippen LogP contribution in [0.4, 0.5) is 4.39 Å². The fraction of sp³-hybridized carbons (Fsp3) is 0.500. The smallest absolute Gasteiger partial charge is 0.130 e. The van der Waals surface area contributed by atoms with Gasteiger partial charge in [-0.1, -0.05) is 17.7 Å². The van der Waals surface area contributed by atoms with E-state index < -0.39 is 0 Å². The van der Waals surface area contributed by atoms with E-state index in [0.717, 1.165) is 13.1 Å². The summed E-state index contributed by atoms with van der Waals surface area (Å²) in [7, 11) is 0. The highest BCUT2D eigenvalue weighted by Crippen LogP contribution is 2.15. The van der Waals surface area contributed by atoms with Crippen LogP contribution in [0, 0.1) is 5.82 Å². The number of benzene rings is 1. The molecule has 1 atom stereocenters. The third-order valence-electron chi connectivity index (χ3n) is 2.58. The molecule has 0 bridgehead atoms. The number of ether oxygens (including phenoxy) is 2. The first-order chi connectivity index (χ1) is 8.25. The molecule has 0 saturated carbocycles. The van der Waals surface area contributed by atoms with E-state index in [2.05, 4.69) is 5.32 Å². The molecule has 94 valence electrons. The molecule has 0 aromatic heterocycles. The zero-order chi connectivity index (χ0) is 12.1. The Morgan fingerprint density at radius 3 is 3.12 bits per heavy atom. The zero-order valence-corrected chi connectivity index (χ0v) is 10.2. The molecule has 1 unspecified atom stereocenters. The minimum atomic E-state index is -0.333. The van der Waals surface area contributed by atoms with Gasteiger partial charge < -0.3 is 14.8 Å². The van der Waals surface area contributed by atoms with Gasteiger partial charge in [0.25, 0.3) is 0 Å². The molecule has 1 heterocycles. The second-order valence-electron chi connectivity index (χ2n) is 3.95. The standard InChI is InChI=1S/C12H15ClFNO2/c13-10-2-1-9(12(14)5-10)7-16-8-11-6-15-3-4-17-11/h1-2,5,11,15H,3-4,6-8H2. The SMILES string of the molecule is Fc1cc(Cl)ccc1COCC1CNCCO1. The summed E-state index contributed by atoms with van der Waals surface area (Å²) in [5.74, 6) is -0.333. The number of morpholine rings is 1. The van der Waals surface area contributed by atoms with E-state index in [1.54, 1.807) is 12.1 Å². The first-order valence-corrected chi connectivity index (χ1v) is 5.97. The molecular formula is C12H15ClFNO2. The minimum absolute atomic E-state index is 0.0547. The highest BCUT2D eigenvalue weighted by Gasteiger charge is 2.13. The van der Waals surface area contributed by atoms with Crippen molar-refractivity contribution in [3.8, 4) is 0 Å². The van der Waals surface area contributed by atoms with Crippen LogP contribution in [0.5, 0.6) is 0 Å². The van der Waals surface area contributed by atoms with Crippen LogP contribution in [0.1, 0.15) is 5.56 Å². The normalized spacial score (nSPS) is 20.5. The highest BCUT2D eigenvalue weighted by molar-refractivity contribution is 6.30. The molecule has 1 aromatic rings. The van der Waals surface area contributed by atoms with Crippen molar-refractivity contribution in [1.82, 2.24) is 5.32 Å². The van der Waals surface area contributed by atoms with Gasteiger partial charge in [-0.25, -0.2) is 4.39 Å². The molecule has 0 radical (unpaired) electrons. The molecule has 0 spiro atoms. The van der Waals surface area contributed by atoms with Gasteiger partial charge in [-0.15, -0.1) is 0 Å². The van der Waals surface area contributed by atoms with Crippen LogP contribution >= 0.6 is 11.6 Å². The number of halogens is 2. The van der Waals surface area contributed by atoms with Crippen LogP contribution in [0.25, 0.3) is 0 Å². The molecular weight excluding hydrogens is 245 g/mol. The molecule has 1 fully saturated rings. The Morgan fingerprint density at radius 1 is 1.53 bits per heavy atom. The van der Waals surface area contributed by atoms with Crippen LogP contribution in [0.2, 0.25) is 5.02 Å². The van der Waals surface area contributed by atoms with E-state index >= 15 is 0 Å². The first kappa shape index (κ1) is 12.8. The maximum atomic E-state index is 13.4. The summed E-state index contributed by atoms with van der Waals surface area (Å²) in [4.78, 5) is 0. The van der Waals surface area contributed by atoms with Gasteiger partial charge in [0.15, 0.2) is 0 Å². The minimum Gasteiger partial charge on any atom is -0.374 e. The summed E-state index contributed by atoms with van der Waals surface area (Å²) in [6.45, 7) is 3.06. The van der Waals surface area contributed by atoms with Crippen molar-refractivity contribution < 1.29 is 13.9 Å². The van der Waals surface area contributed by atoms with E-state index in [1.165, 1.54) is 6.07 Å². The summed E-state index contributed by atoms with van der Waals surface area (Å²) < 4.78 is 24.3. The van der Waals surface area contributed by atoms with Gasteiger partial charge in [0, 0.05) is 23.7 Å².